The molecule has 0 spiro atoms. The Morgan fingerprint density at radius 2 is 1.91 bits per heavy atom. The number of likely N-dealkylation sites (tertiary alicyclic amines) is 1. The van der Waals surface area contributed by atoms with Crippen molar-refractivity contribution in [2.24, 2.45) is 5.92 Å². The molecule has 0 atom stereocenters. The van der Waals surface area contributed by atoms with Crippen molar-refractivity contribution in [2.45, 2.75) is 24.7 Å². The summed E-state index contributed by atoms with van der Waals surface area (Å²) in [5, 5.41) is 9.26. The molecule has 1 saturated heterocycles. The van der Waals surface area contributed by atoms with Crippen molar-refractivity contribution >= 4 is 9.84 Å². The maximum absolute atomic E-state index is 12.5. The number of benzene rings is 1. The first-order valence-electron chi connectivity index (χ1n) is 7.22. The van der Waals surface area contributed by atoms with E-state index in [1.54, 1.807) is 12.1 Å². The Kier molecular flexibility index (Phi) is 5.09. The van der Waals surface area contributed by atoms with E-state index in [9.17, 15) is 13.7 Å². The molecule has 1 aromatic carbocycles. The van der Waals surface area contributed by atoms with Crippen molar-refractivity contribution in [1.29, 1.82) is 5.26 Å². The van der Waals surface area contributed by atoms with E-state index in [4.69, 9.17) is 4.74 Å². The third-order valence-corrected chi connectivity index (χ3v) is 5.56. The SMILES string of the molecule is COc1ccc(S(=O)(=O)/C(C#N)=C/N2CCC(C)CC2)cc1. The van der Waals surface area contributed by atoms with Crippen LogP contribution in [0.3, 0.4) is 0 Å². The van der Waals surface area contributed by atoms with Crippen LogP contribution < -0.4 is 4.74 Å². The van der Waals surface area contributed by atoms with Crippen molar-refractivity contribution in [1.82, 2.24) is 4.90 Å². The van der Waals surface area contributed by atoms with E-state index in [0.29, 0.717) is 11.7 Å². The molecule has 1 fully saturated rings. The van der Waals surface area contributed by atoms with E-state index in [1.807, 2.05) is 11.0 Å². The maximum Gasteiger partial charge on any atom is 0.218 e. The molecule has 0 aliphatic carbocycles. The van der Waals surface area contributed by atoms with Gasteiger partial charge in [-0.05, 0) is 43.0 Å². The molecule has 22 heavy (non-hydrogen) atoms. The summed E-state index contributed by atoms with van der Waals surface area (Å²) in [6.45, 7) is 3.75. The van der Waals surface area contributed by atoms with Gasteiger partial charge < -0.3 is 9.64 Å². The number of sulfone groups is 1. The van der Waals surface area contributed by atoms with Crippen molar-refractivity contribution in [2.75, 3.05) is 20.2 Å². The minimum Gasteiger partial charge on any atom is -0.497 e. The summed E-state index contributed by atoms with van der Waals surface area (Å²) in [7, 11) is -2.27. The van der Waals surface area contributed by atoms with Crippen LogP contribution in [0.5, 0.6) is 5.75 Å². The first-order chi connectivity index (χ1) is 10.5. The van der Waals surface area contributed by atoms with Gasteiger partial charge in [-0.2, -0.15) is 5.26 Å². The Morgan fingerprint density at radius 3 is 2.41 bits per heavy atom. The number of piperidine rings is 1. The predicted octanol–water partition coefficient (Wildman–Crippen LogP) is 2.57. The van der Waals surface area contributed by atoms with Crippen LogP contribution in [0.2, 0.25) is 0 Å². The standard InChI is InChI=1S/C16H20N2O3S/c1-13-7-9-18(10-8-13)12-16(11-17)22(19,20)15-5-3-14(21-2)4-6-15/h3-6,12-13H,7-10H2,1-2H3/b16-12+. The predicted molar refractivity (Wildman–Crippen MR) is 83.8 cm³/mol. The molecular weight excluding hydrogens is 300 g/mol. The van der Waals surface area contributed by atoms with Gasteiger partial charge in [0.1, 0.15) is 11.8 Å². The quantitative estimate of drug-likeness (QED) is 0.797. The number of nitrogens with zero attached hydrogens (tertiary/aromatic N) is 2. The molecular formula is C16H20N2O3S. The van der Waals surface area contributed by atoms with Crippen LogP contribution in [-0.4, -0.2) is 33.5 Å². The Balaban J connectivity index is 2.26. The number of ether oxygens (including phenoxy) is 1. The van der Waals surface area contributed by atoms with E-state index in [0.717, 1.165) is 25.9 Å². The van der Waals surface area contributed by atoms with E-state index >= 15 is 0 Å². The first-order valence-corrected chi connectivity index (χ1v) is 8.71. The first kappa shape index (κ1) is 16.4. The molecule has 2 rings (SSSR count). The molecule has 0 unspecified atom stereocenters. The van der Waals surface area contributed by atoms with Gasteiger partial charge in [-0.15, -0.1) is 0 Å². The van der Waals surface area contributed by atoms with Crippen LogP contribution >= 0.6 is 0 Å². The Morgan fingerprint density at radius 1 is 1.32 bits per heavy atom. The Hall–Kier alpha value is -2.00. The minimum atomic E-state index is -3.79. The van der Waals surface area contributed by atoms with Gasteiger partial charge in [0.15, 0.2) is 4.91 Å². The Bertz CT molecular complexity index is 679. The van der Waals surface area contributed by atoms with Gasteiger partial charge in [-0.3, -0.25) is 0 Å². The lowest BCUT2D eigenvalue weighted by Gasteiger charge is -2.29. The van der Waals surface area contributed by atoms with Crippen molar-refractivity contribution in [3.05, 3.63) is 35.4 Å². The second-order valence-electron chi connectivity index (χ2n) is 5.50. The van der Waals surface area contributed by atoms with E-state index in [1.165, 1.54) is 25.4 Å². The smallest absolute Gasteiger partial charge is 0.218 e. The molecule has 0 radical (unpaired) electrons. The van der Waals surface area contributed by atoms with Gasteiger partial charge in [0, 0.05) is 19.3 Å². The lowest BCUT2D eigenvalue weighted by molar-refractivity contribution is 0.255. The fraction of sp³-hybridized carbons (Fsp3) is 0.438. The largest absolute Gasteiger partial charge is 0.497 e. The summed E-state index contributed by atoms with van der Waals surface area (Å²) in [5.74, 6) is 1.22. The average Bonchev–Trinajstić information content (AvgIpc) is 2.54. The molecule has 1 aliphatic heterocycles. The molecule has 0 bridgehead atoms. The number of rotatable bonds is 4. The van der Waals surface area contributed by atoms with Crippen LogP contribution in [0.25, 0.3) is 0 Å². The van der Waals surface area contributed by atoms with Gasteiger partial charge >= 0.3 is 0 Å². The highest BCUT2D eigenvalue weighted by molar-refractivity contribution is 7.95. The molecule has 5 nitrogen and oxygen atoms in total. The lowest BCUT2D eigenvalue weighted by Crippen LogP contribution is -2.29. The zero-order valence-electron chi connectivity index (χ0n) is 12.8. The molecule has 1 aromatic rings. The van der Waals surface area contributed by atoms with E-state index in [2.05, 4.69) is 6.92 Å². The minimum absolute atomic E-state index is 0.103. The number of methoxy groups -OCH3 is 1. The van der Waals surface area contributed by atoms with Gasteiger partial charge in [0.25, 0.3) is 0 Å². The molecule has 1 heterocycles. The second kappa shape index (κ2) is 6.84. The van der Waals surface area contributed by atoms with Crippen LogP contribution in [0, 0.1) is 17.2 Å². The second-order valence-corrected chi connectivity index (χ2v) is 7.42. The third-order valence-electron chi connectivity index (χ3n) is 3.89. The lowest BCUT2D eigenvalue weighted by atomic mass is 10.00. The third kappa shape index (κ3) is 3.60. The van der Waals surface area contributed by atoms with Gasteiger partial charge in [-0.1, -0.05) is 6.92 Å². The molecule has 1 aliphatic rings. The molecule has 0 N–H and O–H groups in total. The summed E-state index contributed by atoms with van der Waals surface area (Å²) >= 11 is 0. The number of nitriles is 1. The average molecular weight is 320 g/mol. The summed E-state index contributed by atoms with van der Waals surface area (Å²) in [6.07, 6.45) is 3.50. The Labute approximate surface area is 131 Å². The van der Waals surface area contributed by atoms with Crippen molar-refractivity contribution in [3.8, 4) is 11.8 Å². The number of hydrogen-bond donors (Lipinski definition) is 0. The topological polar surface area (TPSA) is 70.4 Å². The summed E-state index contributed by atoms with van der Waals surface area (Å²) in [6, 6.07) is 7.89. The zero-order chi connectivity index (χ0) is 16.2. The molecule has 0 saturated carbocycles. The fourth-order valence-electron chi connectivity index (χ4n) is 2.36. The highest BCUT2D eigenvalue weighted by Gasteiger charge is 2.23. The monoisotopic (exact) mass is 320 g/mol. The van der Waals surface area contributed by atoms with Crippen LogP contribution in [-0.2, 0) is 9.84 Å². The number of allylic oxidation sites excluding steroid dienone is 1. The van der Waals surface area contributed by atoms with Gasteiger partial charge in [-0.25, -0.2) is 8.42 Å². The van der Waals surface area contributed by atoms with Gasteiger partial charge in [0.2, 0.25) is 9.84 Å². The molecule has 0 aromatic heterocycles. The van der Waals surface area contributed by atoms with Crippen LogP contribution in [0.1, 0.15) is 19.8 Å². The molecule has 0 amide bonds. The van der Waals surface area contributed by atoms with E-state index < -0.39 is 9.84 Å². The normalized spacial score (nSPS) is 17.1. The highest BCUT2D eigenvalue weighted by Crippen LogP contribution is 2.23. The fourth-order valence-corrected chi connectivity index (χ4v) is 3.52. The molecule has 118 valence electrons. The summed E-state index contributed by atoms with van der Waals surface area (Å²) < 4.78 is 30.1. The number of hydrogen-bond acceptors (Lipinski definition) is 5. The van der Waals surface area contributed by atoms with Crippen LogP contribution in [0.4, 0.5) is 0 Å². The maximum atomic E-state index is 12.5. The van der Waals surface area contributed by atoms with Crippen molar-refractivity contribution in [3.63, 3.8) is 0 Å². The van der Waals surface area contributed by atoms with Gasteiger partial charge in [0.05, 0.1) is 12.0 Å². The van der Waals surface area contributed by atoms with Crippen LogP contribution in [0.15, 0.2) is 40.3 Å². The van der Waals surface area contributed by atoms with Crippen molar-refractivity contribution < 1.29 is 13.2 Å². The highest BCUT2D eigenvalue weighted by atomic mass is 32.2. The van der Waals surface area contributed by atoms with E-state index in [-0.39, 0.29) is 9.80 Å². The summed E-state index contributed by atoms with van der Waals surface area (Å²) in [5.41, 5.74) is 0. The zero-order valence-corrected chi connectivity index (χ0v) is 13.6. The summed E-state index contributed by atoms with van der Waals surface area (Å²) in [4.78, 5) is 1.80. The molecule has 6 heteroatoms.